The van der Waals surface area contributed by atoms with Gasteiger partial charge in [0.25, 0.3) is 6.41 Å². The van der Waals surface area contributed by atoms with Crippen LogP contribution in [0.2, 0.25) is 0 Å². The summed E-state index contributed by atoms with van der Waals surface area (Å²) >= 11 is 0. The standard InChI is InChI=1S/C4H9NO2/c1-5-4(6-2)7-3/h4H,1H2,2-3H3. The fourth-order valence-corrected chi connectivity index (χ4v) is 0.245. The van der Waals surface area contributed by atoms with E-state index in [0.29, 0.717) is 0 Å². The first kappa shape index (κ1) is 6.59. The molecule has 0 bridgehead atoms. The van der Waals surface area contributed by atoms with Crippen LogP contribution < -0.4 is 0 Å². The lowest BCUT2D eigenvalue weighted by molar-refractivity contribution is -0.0939. The van der Waals surface area contributed by atoms with Gasteiger partial charge in [-0.3, -0.25) is 0 Å². The van der Waals surface area contributed by atoms with Crippen LogP contribution in [0.15, 0.2) is 4.99 Å². The first-order chi connectivity index (χ1) is 3.35. The minimum absolute atomic E-state index is 0.500. The predicted octanol–water partition coefficient (Wildman–Crippen LogP) is 0.263. The zero-order valence-corrected chi connectivity index (χ0v) is 4.55. The minimum atomic E-state index is -0.500. The van der Waals surface area contributed by atoms with Crippen molar-refractivity contribution in [3.05, 3.63) is 0 Å². The number of ether oxygens (including phenoxy) is 2. The molecule has 0 N–H and O–H groups in total. The summed E-state index contributed by atoms with van der Waals surface area (Å²) in [5.41, 5.74) is 0. The van der Waals surface area contributed by atoms with Gasteiger partial charge in [-0.2, -0.15) is 0 Å². The Morgan fingerprint density at radius 3 is 1.86 bits per heavy atom. The quantitative estimate of drug-likeness (QED) is 0.379. The Kier molecular flexibility index (Phi) is 3.55. The topological polar surface area (TPSA) is 30.8 Å². The average molecular weight is 103 g/mol. The molecule has 0 aliphatic rings. The Morgan fingerprint density at radius 2 is 1.86 bits per heavy atom. The van der Waals surface area contributed by atoms with E-state index in [0.717, 1.165) is 0 Å². The molecule has 0 amide bonds. The van der Waals surface area contributed by atoms with Crippen molar-refractivity contribution in [2.75, 3.05) is 14.2 Å². The number of hydrogen-bond donors (Lipinski definition) is 0. The molecular formula is C4H9NO2. The molecule has 0 radical (unpaired) electrons. The molecule has 0 aromatic carbocycles. The first-order valence-electron chi connectivity index (χ1n) is 1.86. The van der Waals surface area contributed by atoms with Gasteiger partial charge in [-0.05, 0) is 6.72 Å². The Labute approximate surface area is 43.0 Å². The molecule has 3 heteroatoms. The highest BCUT2D eigenvalue weighted by Crippen LogP contribution is 1.87. The van der Waals surface area contributed by atoms with E-state index in [-0.39, 0.29) is 0 Å². The number of aliphatic imine (C=N–C) groups is 1. The van der Waals surface area contributed by atoms with Crippen molar-refractivity contribution < 1.29 is 9.47 Å². The lowest BCUT2D eigenvalue weighted by Gasteiger charge is -2.03. The number of nitrogens with zero attached hydrogens (tertiary/aromatic N) is 1. The zero-order chi connectivity index (χ0) is 5.70. The fourth-order valence-electron chi connectivity index (χ4n) is 0.245. The van der Waals surface area contributed by atoms with Gasteiger partial charge in [-0.1, -0.05) is 0 Å². The second kappa shape index (κ2) is 3.77. The van der Waals surface area contributed by atoms with Crippen LogP contribution in [0.4, 0.5) is 0 Å². The molecule has 3 nitrogen and oxygen atoms in total. The Balaban J connectivity index is 3.16. The lowest BCUT2D eigenvalue weighted by atomic mass is 11.1. The summed E-state index contributed by atoms with van der Waals surface area (Å²) in [5.74, 6) is 0. The van der Waals surface area contributed by atoms with Crippen molar-refractivity contribution in [1.82, 2.24) is 0 Å². The third-order valence-corrected chi connectivity index (χ3v) is 0.552. The van der Waals surface area contributed by atoms with Crippen molar-refractivity contribution in [2.24, 2.45) is 4.99 Å². The van der Waals surface area contributed by atoms with Gasteiger partial charge in [0.1, 0.15) is 0 Å². The van der Waals surface area contributed by atoms with Crippen molar-refractivity contribution in [3.63, 3.8) is 0 Å². The summed E-state index contributed by atoms with van der Waals surface area (Å²) in [6.07, 6.45) is -0.500. The van der Waals surface area contributed by atoms with E-state index in [4.69, 9.17) is 0 Å². The number of hydrogen-bond acceptors (Lipinski definition) is 3. The van der Waals surface area contributed by atoms with Gasteiger partial charge in [0.2, 0.25) is 0 Å². The van der Waals surface area contributed by atoms with E-state index < -0.39 is 6.41 Å². The summed E-state index contributed by atoms with van der Waals surface area (Å²) in [5, 5.41) is 0. The summed E-state index contributed by atoms with van der Waals surface area (Å²) < 4.78 is 9.19. The molecule has 7 heavy (non-hydrogen) atoms. The maximum Gasteiger partial charge on any atom is 0.257 e. The van der Waals surface area contributed by atoms with E-state index in [9.17, 15) is 0 Å². The van der Waals surface area contributed by atoms with Crippen LogP contribution in [0, 0.1) is 0 Å². The predicted molar refractivity (Wildman–Crippen MR) is 27.4 cm³/mol. The largest absolute Gasteiger partial charge is 0.337 e. The van der Waals surface area contributed by atoms with Crippen LogP contribution in [0.5, 0.6) is 0 Å². The summed E-state index contributed by atoms with van der Waals surface area (Å²) in [4.78, 5) is 3.43. The summed E-state index contributed by atoms with van der Waals surface area (Å²) in [6, 6.07) is 0. The van der Waals surface area contributed by atoms with Gasteiger partial charge < -0.3 is 9.47 Å². The monoisotopic (exact) mass is 103 g/mol. The highest BCUT2D eigenvalue weighted by molar-refractivity contribution is 5.23. The third-order valence-electron chi connectivity index (χ3n) is 0.552. The molecule has 0 aliphatic carbocycles. The smallest absolute Gasteiger partial charge is 0.257 e. The Morgan fingerprint density at radius 1 is 1.43 bits per heavy atom. The van der Waals surface area contributed by atoms with Gasteiger partial charge in [-0.25, -0.2) is 4.99 Å². The lowest BCUT2D eigenvalue weighted by Crippen LogP contribution is -2.07. The van der Waals surface area contributed by atoms with Gasteiger partial charge in [0.05, 0.1) is 0 Å². The molecule has 0 rings (SSSR count). The molecule has 0 heterocycles. The highest BCUT2D eigenvalue weighted by Gasteiger charge is 1.93. The second-order valence-corrected chi connectivity index (χ2v) is 0.961. The van der Waals surface area contributed by atoms with Gasteiger partial charge in [0.15, 0.2) is 0 Å². The van der Waals surface area contributed by atoms with E-state index in [1.54, 1.807) is 0 Å². The van der Waals surface area contributed by atoms with Crippen LogP contribution >= 0.6 is 0 Å². The zero-order valence-electron chi connectivity index (χ0n) is 4.55. The molecule has 0 spiro atoms. The molecular weight excluding hydrogens is 94.0 g/mol. The molecule has 0 saturated heterocycles. The molecule has 0 saturated carbocycles. The maximum atomic E-state index is 4.60. The van der Waals surface area contributed by atoms with Crippen molar-refractivity contribution in [2.45, 2.75) is 6.41 Å². The van der Waals surface area contributed by atoms with Crippen LogP contribution in [-0.4, -0.2) is 27.4 Å². The van der Waals surface area contributed by atoms with Gasteiger partial charge in [0, 0.05) is 14.2 Å². The molecule has 0 aromatic rings. The minimum Gasteiger partial charge on any atom is -0.337 e. The van der Waals surface area contributed by atoms with E-state index in [1.165, 1.54) is 14.2 Å². The van der Waals surface area contributed by atoms with Crippen LogP contribution in [-0.2, 0) is 9.47 Å². The molecule has 0 aromatic heterocycles. The molecule has 0 aliphatic heterocycles. The SMILES string of the molecule is C=NC(OC)OC. The van der Waals surface area contributed by atoms with Crippen LogP contribution in [0.25, 0.3) is 0 Å². The highest BCUT2D eigenvalue weighted by atomic mass is 16.7. The van der Waals surface area contributed by atoms with Crippen molar-refractivity contribution >= 4 is 6.72 Å². The van der Waals surface area contributed by atoms with Crippen LogP contribution in [0.3, 0.4) is 0 Å². The molecule has 0 unspecified atom stereocenters. The Hall–Kier alpha value is -0.410. The average Bonchev–Trinajstić information content (AvgIpc) is 1.72. The van der Waals surface area contributed by atoms with Crippen molar-refractivity contribution in [1.29, 1.82) is 0 Å². The molecule has 0 fully saturated rings. The summed E-state index contributed by atoms with van der Waals surface area (Å²) in [7, 11) is 3.01. The Bertz CT molecular complexity index is 51.7. The third kappa shape index (κ3) is 2.31. The van der Waals surface area contributed by atoms with Crippen LogP contribution in [0.1, 0.15) is 0 Å². The van der Waals surface area contributed by atoms with Gasteiger partial charge >= 0.3 is 0 Å². The van der Waals surface area contributed by atoms with E-state index in [1.807, 2.05) is 0 Å². The fraction of sp³-hybridized carbons (Fsp3) is 0.750. The maximum absolute atomic E-state index is 4.60. The van der Waals surface area contributed by atoms with Crippen molar-refractivity contribution in [3.8, 4) is 0 Å². The second-order valence-electron chi connectivity index (χ2n) is 0.961. The summed E-state index contributed by atoms with van der Waals surface area (Å²) in [6.45, 7) is 3.20. The number of rotatable bonds is 3. The normalized spacial score (nSPS) is 9.57. The first-order valence-corrected chi connectivity index (χ1v) is 1.86. The number of methoxy groups -OCH3 is 2. The van der Waals surface area contributed by atoms with E-state index >= 15 is 0 Å². The van der Waals surface area contributed by atoms with E-state index in [2.05, 4.69) is 21.2 Å². The molecule has 0 atom stereocenters. The van der Waals surface area contributed by atoms with Gasteiger partial charge in [-0.15, -0.1) is 0 Å². The molecule has 42 valence electrons.